The van der Waals surface area contributed by atoms with Crippen LogP contribution in [0.5, 0.6) is 11.6 Å². The molecule has 2 saturated heterocycles. The first-order valence-electron chi connectivity index (χ1n) is 8.83. The van der Waals surface area contributed by atoms with Gasteiger partial charge in [0.25, 0.3) is 11.8 Å². The maximum atomic E-state index is 12.6. The van der Waals surface area contributed by atoms with Crippen LogP contribution in [0.25, 0.3) is 0 Å². The lowest BCUT2D eigenvalue weighted by molar-refractivity contribution is -0.138. The van der Waals surface area contributed by atoms with Crippen molar-refractivity contribution in [1.29, 1.82) is 5.26 Å². The number of hydrogen-bond acceptors (Lipinski definition) is 7. The number of amides is 6. The molecule has 3 N–H and O–H groups in total. The van der Waals surface area contributed by atoms with Gasteiger partial charge >= 0.3 is 12.1 Å². The normalized spacial score (nSPS) is 17.6. The topological polar surface area (TPSA) is 154 Å². The van der Waals surface area contributed by atoms with E-state index in [1.807, 2.05) is 16.7 Å². The number of urea groups is 2. The van der Waals surface area contributed by atoms with E-state index in [2.05, 4.69) is 10.3 Å². The summed E-state index contributed by atoms with van der Waals surface area (Å²) in [6.07, 6.45) is 1.25. The molecule has 0 aliphatic carbocycles. The molecule has 6 amide bonds. The van der Waals surface area contributed by atoms with E-state index in [0.29, 0.717) is 11.3 Å². The van der Waals surface area contributed by atoms with E-state index in [4.69, 9.17) is 10.00 Å². The summed E-state index contributed by atoms with van der Waals surface area (Å²) in [5, 5.41) is 15.5. The van der Waals surface area contributed by atoms with Crippen LogP contribution >= 0.6 is 0 Å². The minimum atomic E-state index is -1.91. The molecular formula is C19H14N6O5. The Kier molecular flexibility index (Phi) is 4.51. The van der Waals surface area contributed by atoms with Gasteiger partial charge in [0.05, 0.1) is 23.5 Å². The molecule has 1 aromatic heterocycles. The standard InChI is InChI=1S/C19H14N6O5/c20-9-11-1-4-13(5-2-11)30-14-6-3-12(10-22-14)25-18(29)21-8-7-19(25)15(26)23-17(28)24-16(19)27/h1-6,10H,7-8H2,(H,21,29)(H2,23,24,26,27,28). The summed E-state index contributed by atoms with van der Waals surface area (Å²) in [4.78, 5) is 54.3. The Balaban J connectivity index is 1.63. The first-order chi connectivity index (χ1) is 14.4. The number of ether oxygens (including phenoxy) is 1. The zero-order valence-electron chi connectivity index (χ0n) is 15.3. The average Bonchev–Trinajstić information content (AvgIpc) is 2.73. The van der Waals surface area contributed by atoms with Crippen molar-refractivity contribution in [3.05, 3.63) is 48.2 Å². The maximum absolute atomic E-state index is 12.6. The molecule has 0 bridgehead atoms. The highest BCUT2D eigenvalue weighted by molar-refractivity contribution is 6.27. The Morgan fingerprint density at radius 1 is 1.03 bits per heavy atom. The fourth-order valence-corrected chi connectivity index (χ4v) is 3.31. The van der Waals surface area contributed by atoms with Gasteiger partial charge in [-0.05, 0) is 30.3 Å². The van der Waals surface area contributed by atoms with Gasteiger partial charge in [0.1, 0.15) is 5.75 Å². The molecule has 1 aromatic carbocycles. The second kappa shape index (κ2) is 7.17. The Morgan fingerprint density at radius 2 is 1.73 bits per heavy atom. The number of pyridine rings is 1. The van der Waals surface area contributed by atoms with Crippen LogP contribution < -0.4 is 25.6 Å². The molecule has 2 fully saturated rings. The third kappa shape index (κ3) is 3.06. The Labute approximate surface area is 169 Å². The monoisotopic (exact) mass is 406 g/mol. The van der Waals surface area contributed by atoms with E-state index >= 15 is 0 Å². The van der Waals surface area contributed by atoms with Crippen molar-refractivity contribution in [2.24, 2.45) is 0 Å². The Bertz CT molecular complexity index is 1070. The predicted molar refractivity (Wildman–Crippen MR) is 100 cm³/mol. The van der Waals surface area contributed by atoms with E-state index in [0.717, 1.165) is 4.90 Å². The van der Waals surface area contributed by atoms with Crippen LogP contribution in [0.2, 0.25) is 0 Å². The van der Waals surface area contributed by atoms with Gasteiger partial charge < -0.3 is 10.1 Å². The number of carbonyl (C=O) groups is 4. The van der Waals surface area contributed by atoms with Crippen molar-refractivity contribution in [2.75, 3.05) is 11.4 Å². The van der Waals surface area contributed by atoms with Crippen LogP contribution in [0, 0.1) is 11.3 Å². The fourth-order valence-electron chi connectivity index (χ4n) is 3.31. The number of aromatic nitrogens is 1. The molecule has 2 aliphatic rings. The summed E-state index contributed by atoms with van der Waals surface area (Å²) < 4.78 is 5.60. The van der Waals surface area contributed by atoms with Crippen molar-refractivity contribution < 1.29 is 23.9 Å². The van der Waals surface area contributed by atoms with Gasteiger partial charge in [-0.2, -0.15) is 5.26 Å². The molecule has 4 rings (SSSR count). The molecule has 0 saturated carbocycles. The third-order valence-corrected chi connectivity index (χ3v) is 4.74. The number of nitrogens with zero attached hydrogens (tertiary/aromatic N) is 3. The molecule has 0 unspecified atom stereocenters. The van der Waals surface area contributed by atoms with Gasteiger partial charge in [0.15, 0.2) is 0 Å². The largest absolute Gasteiger partial charge is 0.439 e. The average molecular weight is 406 g/mol. The molecule has 30 heavy (non-hydrogen) atoms. The maximum Gasteiger partial charge on any atom is 0.328 e. The van der Waals surface area contributed by atoms with Gasteiger partial charge in [0.2, 0.25) is 11.4 Å². The van der Waals surface area contributed by atoms with E-state index in [1.54, 1.807) is 24.3 Å². The van der Waals surface area contributed by atoms with E-state index < -0.39 is 29.4 Å². The van der Waals surface area contributed by atoms with E-state index in [1.165, 1.54) is 18.3 Å². The highest BCUT2D eigenvalue weighted by Gasteiger charge is 2.58. The van der Waals surface area contributed by atoms with Crippen molar-refractivity contribution in [1.82, 2.24) is 20.9 Å². The molecule has 11 nitrogen and oxygen atoms in total. The number of anilines is 1. The summed E-state index contributed by atoms with van der Waals surface area (Å²) >= 11 is 0. The minimum Gasteiger partial charge on any atom is -0.439 e. The number of imide groups is 2. The quantitative estimate of drug-likeness (QED) is 0.636. The zero-order chi connectivity index (χ0) is 21.3. The smallest absolute Gasteiger partial charge is 0.328 e. The molecule has 3 heterocycles. The van der Waals surface area contributed by atoms with Crippen LogP contribution in [-0.2, 0) is 9.59 Å². The van der Waals surface area contributed by atoms with Gasteiger partial charge in [-0.15, -0.1) is 0 Å². The lowest BCUT2D eigenvalue weighted by atomic mass is 9.87. The lowest BCUT2D eigenvalue weighted by Gasteiger charge is -2.45. The van der Waals surface area contributed by atoms with E-state index in [9.17, 15) is 19.2 Å². The molecule has 11 heteroatoms. The number of carbonyl (C=O) groups excluding carboxylic acids is 4. The Morgan fingerprint density at radius 3 is 2.33 bits per heavy atom. The molecule has 150 valence electrons. The molecule has 2 aliphatic heterocycles. The number of hydrogen-bond donors (Lipinski definition) is 3. The van der Waals surface area contributed by atoms with Gasteiger partial charge in [0, 0.05) is 19.0 Å². The SMILES string of the molecule is N#Cc1ccc(Oc2ccc(N3C(=O)NCCC34C(=O)NC(=O)NC4=O)cn2)cc1. The first-order valence-corrected chi connectivity index (χ1v) is 8.83. The highest BCUT2D eigenvalue weighted by atomic mass is 16.5. The van der Waals surface area contributed by atoms with Crippen LogP contribution in [0.3, 0.4) is 0 Å². The number of benzene rings is 1. The van der Waals surface area contributed by atoms with Gasteiger partial charge in [-0.25, -0.2) is 14.6 Å². The first kappa shape index (κ1) is 18.9. The number of nitriles is 1. The molecule has 2 aromatic rings. The summed E-state index contributed by atoms with van der Waals surface area (Å²) in [6, 6.07) is 9.71. The van der Waals surface area contributed by atoms with Crippen molar-refractivity contribution in [2.45, 2.75) is 12.0 Å². The molecule has 0 radical (unpaired) electrons. The van der Waals surface area contributed by atoms with Crippen LogP contribution in [0.15, 0.2) is 42.6 Å². The van der Waals surface area contributed by atoms with Crippen LogP contribution in [0.4, 0.5) is 15.3 Å². The Hall–Kier alpha value is -4.46. The second-order valence-electron chi connectivity index (χ2n) is 6.51. The molecular weight excluding hydrogens is 392 g/mol. The highest BCUT2D eigenvalue weighted by Crippen LogP contribution is 2.32. The molecule has 0 atom stereocenters. The predicted octanol–water partition coefficient (Wildman–Crippen LogP) is 0.770. The summed E-state index contributed by atoms with van der Waals surface area (Å²) in [5.74, 6) is -1.12. The summed E-state index contributed by atoms with van der Waals surface area (Å²) in [5.41, 5.74) is -1.26. The lowest BCUT2D eigenvalue weighted by Crippen LogP contribution is -2.77. The minimum absolute atomic E-state index is 0.0345. The van der Waals surface area contributed by atoms with Gasteiger partial charge in [-0.3, -0.25) is 25.1 Å². The van der Waals surface area contributed by atoms with E-state index in [-0.39, 0.29) is 24.5 Å². The van der Waals surface area contributed by atoms with Crippen LogP contribution in [-0.4, -0.2) is 40.9 Å². The van der Waals surface area contributed by atoms with Crippen molar-refractivity contribution in [3.8, 4) is 17.7 Å². The molecule has 1 spiro atoms. The third-order valence-electron chi connectivity index (χ3n) is 4.74. The van der Waals surface area contributed by atoms with Crippen LogP contribution in [0.1, 0.15) is 12.0 Å². The summed E-state index contributed by atoms with van der Waals surface area (Å²) in [7, 11) is 0. The van der Waals surface area contributed by atoms with Gasteiger partial charge in [-0.1, -0.05) is 0 Å². The number of nitrogens with one attached hydrogen (secondary N) is 3. The summed E-state index contributed by atoms with van der Waals surface area (Å²) in [6.45, 7) is 0.0810. The van der Waals surface area contributed by atoms with Crippen molar-refractivity contribution >= 4 is 29.6 Å². The van der Waals surface area contributed by atoms with Crippen molar-refractivity contribution in [3.63, 3.8) is 0 Å². The number of barbiturate groups is 1. The fraction of sp³-hybridized carbons (Fsp3) is 0.158. The second-order valence-corrected chi connectivity index (χ2v) is 6.51. The number of rotatable bonds is 3. The zero-order valence-corrected chi connectivity index (χ0v) is 15.3.